The minimum Gasteiger partial charge on any atom is -0.383 e. The van der Waals surface area contributed by atoms with Gasteiger partial charge < -0.3 is 5.73 Å². The number of aromatic nitrogens is 2. The van der Waals surface area contributed by atoms with Crippen LogP contribution in [-0.4, -0.2) is 15.7 Å². The first-order valence-corrected chi connectivity index (χ1v) is 6.42. The molecule has 2 rings (SSSR count). The van der Waals surface area contributed by atoms with Gasteiger partial charge in [-0.1, -0.05) is 17.8 Å². The fourth-order valence-corrected chi connectivity index (χ4v) is 2.77. The lowest BCUT2D eigenvalue weighted by molar-refractivity contribution is 1.01. The van der Waals surface area contributed by atoms with E-state index >= 15 is 0 Å². The molecule has 3 nitrogen and oxygen atoms in total. The number of rotatable bonds is 4. The number of hydrogen-bond donors (Lipinski definition) is 1. The monoisotopic (exact) mass is 237 g/mol. The average Bonchev–Trinajstić information content (AvgIpc) is 2.66. The highest BCUT2D eigenvalue weighted by Gasteiger charge is 2.05. The van der Waals surface area contributed by atoms with E-state index in [0.717, 1.165) is 27.5 Å². The number of thioether (sulfide) groups is 1. The number of thiophene rings is 1. The first-order chi connectivity index (χ1) is 7.31. The number of allylic oxidation sites excluding steroid dienone is 1. The molecule has 2 heterocycles. The van der Waals surface area contributed by atoms with Crippen molar-refractivity contribution in [2.75, 3.05) is 11.5 Å². The fourth-order valence-electron chi connectivity index (χ4n) is 1.16. The summed E-state index contributed by atoms with van der Waals surface area (Å²) in [6.07, 6.45) is 2.84. The molecular weight excluding hydrogens is 226 g/mol. The van der Waals surface area contributed by atoms with Crippen LogP contribution in [0, 0.1) is 0 Å². The quantitative estimate of drug-likeness (QED) is 0.384. The Labute approximate surface area is 96.4 Å². The summed E-state index contributed by atoms with van der Waals surface area (Å²) in [5.74, 6) is 1.52. The van der Waals surface area contributed by atoms with Crippen molar-refractivity contribution in [1.82, 2.24) is 9.97 Å². The molecule has 0 spiro atoms. The van der Waals surface area contributed by atoms with Gasteiger partial charge in [0.15, 0.2) is 5.16 Å². The zero-order valence-corrected chi connectivity index (χ0v) is 9.77. The van der Waals surface area contributed by atoms with Gasteiger partial charge in [-0.2, -0.15) is 0 Å². The predicted molar refractivity (Wildman–Crippen MR) is 67.4 cm³/mol. The van der Waals surface area contributed by atoms with Gasteiger partial charge in [0, 0.05) is 5.75 Å². The molecule has 0 saturated carbocycles. The van der Waals surface area contributed by atoms with Gasteiger partial charge in [-0.25, -0.2) is 9.97 Å². The lowest BCUT2D eigenvalue weighted by Gasteiger charge is -2.00. The number of nitrogen functional groups attached to an aromatic ring is 1. The van der Waals surface area contributed by atoms with Gasteiger partial charge >= 0.3 is 0 Å². The third-order valence-electron chi connectivity index (χ3n) is 1.89. The molecule has 0 unspecified atom stereocenters. The molecule has 0 saturated heterocycles. The van der Waals surface area contributed by atoms with E-state index in [1.807, 2.05) is 17.5 Å². The molecule has 2 aromatic heterocycles. The summed E-state index contributed by atoms with van der Waals surface area (Å²) >= 11 is 3.20. The van der Waals surface area contributed by atoms with E-state index in [0.29, 0.717) is 5.82 Å². The average molecular weight is 237 g/mol. The maximum absolute atomic E-state index is 5.83. The van der Waals surface area contributed by atoms with Crippen LogP contribution in [0.2, 0.25) is 0 Å². The summed E-state index contributed by atoms with van der Waals surface area (Å²) in [5.41, 5.74) is 5.83. The molecule has 78 valence electrons. The largest absolute Gasteiger partial charge is 0.383 e. The Balaban J connectivity index is 2.24. The normalized spacial score (nSPS) is 10.7. The summed E-state index contributed by atoms with van der Waals surface area (Å²) in [6.45, 7) is 3.67. The molecule has 0 fully saturated rings. The molecule has 15 heavy (non-hydrogen) atoms. The van der Waals surface area contributed by atoms with Crippen molar-refractivity contribution in [1.29, 1.82) is 0 Å². The molecule has 0 aliphatic carbocycles. The first-order valence-electron chi connectivity index (χ1n) is 4.55. The zero-order chi connectivity index (χ0) is 10.7. The zero-order valence-electron chi connectivity index (χ0n) is 8.14. The van der Waals surface area contributed by atoms with Crippen LogP contribution < -0.4 is 5.73 Å². The molecule has 0 amide bonds. The van der Waals surface area contributed by atoms with E-state index in [-0.39, 0.29) is 0 Å². The van der Waals surface area contributed by atoms with E-state index in [1.165, 1.54) is 0 Å². The Morgan fingerprint density at radius 1 is 1.53 bits per heavy atom. The lowest BCUT2D eigenvalue weighted by atomic mass is 10.4. The number of nitrogens with zero attached hydrogens (tertiary/aromatic N) is 2. The summed E-state index contributed by atoms with van der Waals surface area (Å²) in [5, 5.41) is 3.69. The lowest BCUT2D eigenvalue weighted by Crippen LogP contribution is -1.95. The molecule has 0 aliphatic rings. The second kappa shape index (κ2) is 4.63. The SMILES string of the molecule is C=CCCSc1nc(N)c2ccsc2n1. The maximum Gasteiger partial charge on any atom is 0.190 e. The molecular formula is C10H11N3S2. The molecule has 5 heteroatoms. The number of nitrogens with two attached hydrogens (primary N) is 1. The third-order valence-corrected chi connectivity index (χ3v) is 3.57. The minimum atomic E-state index is 0.572. The van der Waals surface area contributed by atoms with Crippen molar-refractivity contribution in [3.63, 3.8) is 0 Å². The Bertz CT molecular complexity index is 478. The molecule has 0 aromatic carbocycles. The van der Waals surface area contributed by atoms with E-state index in [1.54, 1.807) is 23.1 Å². The highest BCUT2D eigenvalue weighted by molar-refractivity contribution is 7.99. The van der Waals surface area contributed by atoms with Gasteiger partial charge in [-0.3, -0.25) is 0 Å². The van der Waals surface area contributed by atoms with Crippen LogP contribution in [0.5, 0.6) is 0 Å². The molecule has 0 atom stereocenters. The van der Waals surface area contributed by atoms with Crippen LogP contribution >= 0.6 is 23.1 Å². The highest BCUT2D eigenvalue weighted by Crippen LogP contribution is 2.26. The summed E-state index contributed by atoms with van der Waals surface area (Å²) in [6, 6.07) is 1.95. The van der Waals surface area contributed by atoms with Gasteiger partial charge in [0.1, 0.15) is 10.6 Å². The van der Waals surface area contributed by atoms with Crippen LogP contribution in [0.1, 0.15) is 6.42 Å². The smallest absolute Gasteiger partial charge is 0.190 e. The third kappa shape index (κ3) is 2.30. The van der Waals surface area contributed by atoms with E-state index in [9.17, 15) is 0 Å². The molecule has 2 aromatic rings. The van der Waals surface area contributed by atoms with Crippen molar-refractivity contribution in [3.05, 3.63) is 24.1 Å². The van der Waals surface area contributed by atoms with Crippen molar-refractivity contribution in [2.45, 2.75) is 11.6 Å². The van der Waals surface area contributed by atoms with Gasteiger partial charge in [0.05, 0.1) is 5.39 Å². The summed E-state index contributed by atoms with van der Waals surface area (Å²) < 4.78 is 0. The summed E-state index contributed by atoms with van der Waals surface area (Å²) in [4.78, 5) is 9.63. The van der Waals surface area contributed by atoms with Gasteiger partial charge in [0.25, 0.3) is 0 Å². The second-order valence-electron chi connectivity index (χ2n) is 2.96. The molecule has 2 N–H and O–H groups in total. The van der Waals surface area contributed by atoms with Crippen molar-refractivity contribution in [2.24, 2.45) is 0 Å². The van der Waals surface area contributed by atoms with Crippen molar-refractivity contribution >= 4 is 39.1 Å². The highest BCUT2D eigenvalue weighted by atomic mass is 32.2. The number of anilines is 1. The van der Waals surface area contributed by atoms with Gasteiger partial charge in [-0.05, 0) is 17.9 Å². The second-order valence-corrected chi connectivity index (χ2v) is 4.91. The van der Waals surface area contributed by atoms with Crippen LogP contribution in [-0.2, 0) is 0 Å². The Kier molecular flexibility index (Phi) is 3.23. The Morgan fingerprint density at radius 2 is 2.40 bits per heavy atom. The fraction of sp³-hybridized carbons (Fsp3) is 0.200. The van der Waals surface area contributed by atoms with Crippen LogP contribution in [0.3, 0.4) is 0 Å². The summed E-state index contributed by atoms with van der Waals surface area (Å²) in [7, 11) is 0. The standard InChI is InChI=1S/C10H11N3S2/c1-2-3-5-15-10-12-8(11)7-4-6-14-9(7)13-10/h2,4,6H,1,3,5H2,(H2,11,12,13). The van der Waals surface area contributed by atoms with Crippen molar-refractivity contribution in [3.8, 4) is 0 Å². The van der Waals surface area contributed by atoms with E-state index in [4.69, 9.17) is 5.73 Å². The Morgan fingerprint density at radius 3 is 3.20 bits per heavy atom. The first kappa shape index (κ1) is 10.4. The van der Waals surface area contributed by atoms with Crippen LogP contribution in [0.25, 0.3) is 10.2 Å². The maximum atomic E-state index is 5.83. The number of hydrogen-bond acceptors (Lipinski definition) is 5. The van der Waals surface area contributed by atoms with Gasteiger partial charge in [-0.15, -0.1) is 17.9 Å². The van der Waals surface area contributed by atoms with Crippen LogP contribution in [0.15, 0.2) is 29.3 Å². The van der Waals surface area contributed by atoms with Gasteiger partial charge in [0.2, 0.25) is 0 Å². The van der Waals surface area contributed by atoms with E-state index in [2.05, 4.69) is 16.5 Å². The molecule has 0 aliphatic heterocycles. The topological polar surface area (TPSA) is 51.8 Å². The van der Waals surface area contributed by atoms with E-state index < -0.39 is 0 Å². The van der Waals surface area contributed by atoms with Crippen molar-refractivity contribution < 1.29 is 0 Å². The van der Waals surface area contributed by atoms with Crippen LogP contribution in [0.4, 0.5) is 5.82 Å². The number of fused-ring (bicyclic) bond motifs is 1. The predicted octanol–water partition coefficient (Wildman–Crippen LogP) is 2.94. The molecule has 0 radical (unpaired) electrons. The minimum absolute atomic E-state index is 0.572. The Hall–Kier alpha value is -1.07. The molecule has 0 bridgehead atoms.